The van der Waals surface area contributed by atoms with Crippen LogP contribution in [-0.4, -0.2) is 28.5 Å². The molecule has 3 aromatic heterocycles. The first-order chi connectivity index (χ1) is 11.1. The van der Waals surface area contributed by atoms with Gasteiger partial charge < -0.3 is 9.51 Å². The quantitative estimate of drug-likeness (QED) is 0.686. The van der Waals surface area contributed by atoms with Gasteiger partial charge in [-0.2, -0.15) is 4.98 Å². The van der Waals surface area contributed by atoms with Crippen molar-refractivity contribution < 1.29 is 12.9 Å². The molecule has 118 valence electrons. The largest absolute Gasteiger partial charge is 0.338 e. The number of nitrogens with zero attached hydrogens (tertiary/aromatic N) is 3. The van der Waals surface area contributed by atoms with Gasteiger partial charge >= 0.3 is 0 Å². The van der Waals surface area contributed by atoms with Crippen LogP contribution >= 0.6 is 0 Å². The first-order valence-electron chi connectivity index (χ1n) is 6.46. The molecule has 0 aliphatic carbocycles. The molecule has 0 atom stereocenters. The topological polar surface area (TPSA) is 131 Å². The van der Waals surface area contributed by atoms with Gasteiger partial charge in [-0.25, -0.2) is 13.1 Å². The van der Waals surface area contributed by atoms with E-state index in [-0.39, 0.29) is 34.3 Å². The van der Waals surface area contributed by atoms with Crippen LogP contribution in [0.3, 0.4) is 0 Å². The lowest BCUT2D eigenvalue weighted by atomic mass is 10.3. The van der Waals surface area contributed by atoms with E-state index in [1.54, 1.807) is 6.07 Å². The molecule has 0 bridgehead atoms. The zero-order valence-electron chi connectivity index (χ0n) is 11.6. The van der Waals surface area contributed by atoms with Crippen molar-refractivity contribution in [2.24, 2.45) is 0 Å². The summed E-state index contributed by atoms with van der Waals surface area (Å²) in [6.07, 6.45) is 4.18. The average molecular weight is 333 g/mol. The van der Waals surface area contributed by atoms with E-state index in [0.29, 0.717) is 0 Å². The second-order valence-electron chi connectivity index (χ2n) is 4.44. The average Bonchev–Trinajstić information content (AvgIpc) is 3.03. The molecule has 3 rings (SSSR count). The van der Waals surface area contributed by atoms with Crippen molar-refractivity contribution in [1.82, 2.24) is 24.8 Å². The lowest BCUT2D eigenvalue weighted by Crippen LogP contribution is -2.23. The Labute approximate surface area is 130 Å². The second-order valence-corrected chi connectivity index (χ2v) is 6.20. The van der Waals surface area contributed by atoms with Gasteiger partial charge in [0, 0.05) is 18.6 Å². The highest BCUT2D eigenvalue weighted by Crippen LogP contribution is 2.11. The Balaban J connectivity index is 1.76. The Morgan fingerprint density at radius 3 is 2.87 bits per heavy atom. The number of nitrogens with one attached hydrogen (secondary N) is 2. The highest BCUT2D eigenvalue weighted by molar-refractivity contribution is 7.89. The predicted octanol–water partition coefficient (Wildman–Crippen LogP) is 0.298. The van der Waals surface area contributed by atoms with Crippen molar-refractivity contribution >= 4 is 10.0 Å². The number of aromatic nitrogens is 4. The van der Waals surface area contributed by atoms with Gasteiger partial charge in [-0.15, -0.1) is 0 Å². The van der Waals surface area contributed by atoms with Gasteiger partial charge in [0.25, 0.3) is 5.56 Å². The maximum absolute atomic E-state index is 12.0. The van der Waals surface area contributed by atoms with Crippen molar-refractivity contribution in [3.63, 3.8) is 0 Å². The van der Waals surface area contributed by atoms with E-state index in [0.717, 1.165) is 0 Å². The number of sulfonamides is 1. The van der Waals surface area contributed by atoms with Crippen molar-refractivity contribution in [3.05, 3.63) is 59.1 Å². The lowest BCUT2D eigenvalue weighted by Gasteiger charge is -2.03. The Morgan fingerprint density at radius 1 is 1.26 bits per heavy atom. The summed E-state index contributed by atoms with van der Waals surface area (Å²) >= 11 is 0. The summed E-state index contributed by atoms with van der Waals surface area (Å²) in [6.45, 7) is -0.199. The number of hydrogen-bond donors (Lipinski definition) is 2. The van der Waals surface area contributed by atoms with Gasteiger partial charge in [-0.3, -0.25) is 9.78 Å². The number of pyridine rings is 2. The molecule has 9 nitrogen and oxygen atoms in total. The van der Waals surface area contributed by atoms with E-state index in [4.69, 9.17) is 4.52 Å². The molecule has 0 aromatic carbocycles. The molecule has 0 unspecified atom stereocenters. The van der Waals surface area contributed by atoms with Crippen molar-refractivity contribution in [1.29, 1.82) is 0 Å². The predicted molar refractivity (Wildman–Crippen MR) is 78.6 cm³/mol. The third-order valence-electron chi connectivity index (χ3n) is 2.89. The Morgan fingerprint density at radius 2 is 2.13 bits per heavy atom. The summed E-state index contributed by atoms with van der Waals surface area (Å²) in [4.78, 5) is 21.9. The van der Waals surface area contributed by atoms with Gasteiger partial charge in [0.1, 0.15) is 4.90 Å². The zero-order valence-corrected chi connectivity index (χ0v) is 12.4. The monoisotopic (exact) mass is 333 g/mol. The Hall–Kier alpha value is -2.85. The second kappa shape index (κ2) is 6.10. The molecule has 0 amide bonds. The third kappa shape index (κ3) is 3.33. The first-order valence-corrected chi connectivity index (χ1v) is 7.95. The molecular weight excluding hydrogens is 322 g/mol. The van der Waals surface area contributed by atoms with Gasteiger partial charge in [-0.1, -0.05) is 5.16 Å². The molecule has 0 saturated heterocycles. The molecule has 0 spiro atoms. The van der Waals surface area contributed by atoms with Crippen LogP contribution in [0.4, 0.5) is 0 Å². The van der Waals surface area contributed by atoms with E-state index < -0.39 is 10.0 Å². The highest BCUT2D eigenvalue weighted by Gasteiger charge is 2.17. The minimum Gasteiger partial charge on any atom is -0.338 e. The molecule has 2 N–H and O–H groups in total. The molecule has 0 aliphatic rings. The van der Waals surface area contributed by atoms with Crippen LogP contribution in [0, 0.1) is 0 Å². The maximum atomic E-state index is 12.0. The lowest BCUT2D eigenvalue weighted by molar-refractivity contribution is 0.376. The van der Waals surface area contributed by atoms with Crippen molar-refractivity contribution in [2.45, 2.75) is 11.4 Å². The summed E-state index contributed by atoms with van der Waals surface area (Å²) in [5, 5.41) is 3.67. The van der Waals surface area contributed by atoms with E-state index in [1.807, 2.05) is 0 Å². The van der Waals surface area contributed by atoms with Crippen LogP contribution in [0.1, 0.15) is 5.89 Å². The van der Waals surface area contributed by atoms with Gasteiger partial charge in [0.05, 0.1) is 12.1 Å². The van der Waals surface area contributed by atoms with E-state index in [2.05, 4.69) is 24.8 Å². The summed E-state index contributed by atoms with van der Waals surface area (Å²) in [5.74, 6) is 0.123. The van der Waals surface area contributed by atoms with Gasteiger partial charge in [0.2, 0.25) is 21.7 Å². The highest BCUT2D eigenvalue weighted by atomic mass is 32.2. The number of aromatic amines is 1. The fraction of sp³-hybridized carbons (Fsp3) is 0.0769. The molecule has 0 saturated carbocycles. The summed E-state index contributed by atoms with van der Waals surface area (Å²) in [7, 11) is -3.73. The zero-order chi connectivity index (χ0) is 16.3. The fourth-order valence-corrected chi connectivity index (χ4v) is 2.72. The molecule has 3 heterocycles. The number of H-pyrrole nitrogens is 1. The van der Waals surface area contributed by atoms with Crippen LogP contribution in [0.25, 0.3) is 11.4 Å². The van der Waals surface area contributed by atoms with Crippen molar-refractivity contribution in [3.8, 4) is 11.4 Å². The Kier molecular flexibility index (Phi) is 4.00. The van der Waals surface area contributed by atoms with Gasteiger partial charge in [0.15, 0.2) is 0 Å². The summed E-state index contributed by atoms with van der Waals surface area (Å²) < 4.78 is 31.4. The normalized spacial score (nSPS) is 11.5. The van der Waals surface area contributed by atoms with Gasteiger partial charge in [-0.05, 0) is 24.3 Å². The van der Waals surface area contributed by atoms with Crippen LogP contribution in [0.15, 0.2) is 57.1 Å². The standard InChI is InChI=1S/C13H11N5O4S/c19-13-10(4-2-6-15-13)12-17-11(22-18-12)8-16-23(20,21)9-3-1-5-14-7-9/h1-7,16H,8H2,(H,15,19). The molecule has 23 heavy (non-hydrogen) atoms. The third-order valence-corrected chi connectivity index (χ3v) is 4.27. The molecule has 0 aliphatic heterocycles. The summed E-state index contributed by atoms with van der Waals surface area (Å²) in [6, 6.07) is 6.09. The fourth-order valence-electron chi connectivity index (χ4n) is 1.78. The van der Waals surface area contributed by atoms with E-state index in [1.165, 1.54) is 36.8 Å². The van der Waals surface area contributed by atoms with Crippen LogP contribution in [0.2, 0.25) is 0 Å². The summed E-state index contributed by atoms with van der Waals surface area (Å²) in [5.41, 5.74) is -0.131. The van der Waals surface area contributed by atoms with Crippen LogP contribution in [-0.2, 0) is 16.6 Å². The van der Waals surface area contributed by atoms with Crippen molar-refractivity contribution in [2.75, 3.05) is 0 Å². The van der Waals surface area contributed by atoms with E-state index >= 15 is 0 Å². The number of hydrogen-bond acceptors (Lipinski definition) is 7. The van der Waals surface area contributed by atoms with E-state index in [9.17, 15) is 13.2 Å². The van der Waals surface area contributed by atoms with Crippen LogP contribution < -0.4 is 10.3 Å². The van der Waals surface area contributed by atoms with Crippen LogP contribution in [0.5, 0.6) is 0 Å². The Bertz CT molecular complexity index is 965. The molecular formula is C13H11N5O4S. The molecule has 0 fully saturated rings. The molecule has 3 aromatic rings. The first kappa shape index (κ1) is 15.1. The molecule has 10 heteroatoms. The maximum Gasteiger partial charge on any atom is 0.259 e. The molecule has 0 radical (unpaired) electrons. The SMILES string of the molecule is O=c1[nH]cccc1-c1noc(CNS(=O)(=O)c2cccnc2)n1. The minimum atomic E-state index is -3.73. The smallest absolute Gasteiger partial charge is 0.259 e. The number of rotatable bonds is 5. The minimum absolute atomic E-state index is 0.0271.